The molecule has 0 aliphatic rings. The van der Waals surface area contributed by atoms with Crippen LogP contribution in [0.15, 0.2) is 41.4 Å². The monoisotopic (exact) mass is 327 g/mol. The number of halogens is 1. The number of rotatable bonds is 7. The fourth-order valence-corrected chi connectivity index (χ4v) is 3.19. The minimum absolute atomic E-state index is 0.266. The molecule has 0 spiro atoms. The van der Waals surface area contributed by atoms with Crippen LogP contribution in [0, 0.1) is 0 Å². The van der Waals surface area contributed by atoms with Crippen molar-refractivity contribution >= 4 is 21.6 Å². The van der Waals surface area contributed by atoms with E-state index in [-0.39, 0.29) is 4.90 Å². The maximum atomic E-state index is 12.1. The number of sulfonamides is 1. The van der Waals surface area contributed by atoms with E-state index in [9.17, 15) is 8.42 Å². The Labute approximate surface area is 130 Å². The summed E-state index contributed by atoms with van der Waals surface area (Å²) in [7, 11) is -1.64. The lowest BCUT2D eigenvalue weighted by Gasteiger charge is -2.07. The molecular formula is C14H18ClN3O2S. The molecule has 1 N–H and O–H groups in total. The van der Waals surface area contributed by atoms with Crippen LogP contribution in [-0.2, 0) is 29.9 Å². The molecule has 0 amide bonds. The number of benzene rings is 1. The Bertz CT molecular complexity index is 680. The lowest BCUT2D eigenvalue weighted by atomic mass is 10.2. The van der Waals surface area contributed by atoms with Crippen molar-refractivity contribution in [3.8, 4) is 0 Å². The zero-order valence-electron chi connectivity index (χ0n) is 11.8. The fourth-order valence-electron chi connectivity index (χ4n) is 1.94. The fraction of sp³-hybridized carbons (Fsp3) is 0.357. The zero-order valence-corrected chi connectivity index (χ0v) is 13.4. The summed E-state index contributed by atoms with van der Waals surface area (Å²) < 4.78 is 28.5. The van der Waals surface area contributed by atoms with Crippen molar-refractivity contribution in [2.45, 2.75) is 17.7 Å². The molecule has 1 heterocycles. The Balaban J connectivity index is 1.94. The Hall–Kier alpha value is -1.37. The number of hydrogen-bond acceptors (Lipinski definition) is 3. The largest absolute Gasteiger partial charge is 0.276 e. The summed E-state index contributed by atoms with van der Waals surface area (Å²) in [6.45, 7) is 0.322. The van der Waals surface area contributed by atoms with E-state index < -0.39 is 10.0 Å². The maximum Gasteiger partial charge on any atom is 0.240 e. The average Bonchev–Trinajstić information content (AvgIpc) is 2.85. The summed E-state index contributed by atoms with van der Waals surface area (Å²) >= 11 is 5.66. The predicted molar refractivity (Wildman–Crippen MR) is 83.0 cm³/mol. The highest BCUT2D eigenvalue weighted by Gasteiger charge is 2.13. The quantitative estimate of drug-likeness (QED) is 0.788. The van der Waals surface area contributed by atoms with Crippen molar-refractivity contribution in [3.05, 3.63) is 47.8 Å². The molecule has 0 saturated heterocycles. The van der Waals surface area contributed by atoms with Gasteiger partial charge in [-0.3, -0.25) is 4.68 Å². The van der Waals surface area contributed by atoms with E-state index in [2.05, 4.69) is 9.82 Å². The summed E-state index contributed by atoms with van der Waals surface area (Å²) in [5.41, 5.74) is 1.88. The summed E-state index contributed by atoms with van der Waals surface area (Å²) in [6.07, 6.45) is 3.12. The summed E-state index contributed by atoms with van der Waals surface area (Å²) in [6, 6.07) is 8.65. The third kappa shape index (κ3) is 4.56. The maximum absolute atomic E-state index is 12.1. The highest BCUT2D eigenvalue weighted by Crippen LogP contribution is 2.11. The van der Waals surface area contributed by atoms with E-state index in [1.54, 1.807) is 28.9 Å². The van der Waals surface area contributed by atoms with E-state index in [0.717, 1.165) is 17.7 Å². The van der Waals surface area contributed by atoms with Crippen LogP contribution in [0.3, 0.4) is 0 Å². The second kappa shape index (κ2) is 7.06. The number of hydrogen-bond donors (Lipinski definition) is 1. The molecule has 0 unspecified atom stereocenters. The molecule has 0 atom stereocenters. The SMILES string of the molecule is Cn1ccc(CCNS(=O)(=O)c2ccc(CCCl)cc2)n1. The van der Waals surface area contributed by atoms with Gasteiger partial charge in [-0.05, 0) is 30.2 Å². The molecule has 2 rings (SSSR count). The lowest BCUT2D eigenvalue weighted by Crippen LogP contribution is -2.26. The number of nitrogens with one attached hydrogen (secondary N) is 1. The number of nitrogens with zero attached hydrogens (tertiary/aromatic N) is 2. The van der Waals surface area contributed by atoms with Gasteiger partial charge in [0.2, 0.25) is 10.0 Å². The summed E-state index contributed by atoms with van der Waals surface area (Å²) in [5, 5.41) is 4.20. The molecule has 21 heavy (non-hydrogen) atoms. The van der Waals surface area contributed by atoms with Crippen LogP contribution in [0.4, 0.5) is 0 Å². The molecule has 0 saturated carbocycles. The first-order valence-electron chi connectivity index (χ1n) is 6.64. The van der Waals surface area contributed by atoms with Crippen molar-refractivity contribution < 1.29 is 8.42 Å². The smallest absolute Gasteiger partial charge is 0.240 e. The topological polar surface area (TPSA) is 64.0 Å². The van der Waals surface area contributed by atoms with Crippen molar-refractivity contribution in [3.63, 3.8) is 0 Å². The van der Waals surface area contributed by atoms with Gasteiger partial charge in [0, 0.05) is 32.1 Å². The molecule has 0 radical (unpaired) electrons. The van der Waals surface area contributed by atoms with Crippen LogP contribution >= 0.6 is 11.6 Å². The van der Waals surface area contributed by atoms with E-state index in [0.29, 0.717) is 18.8 Å². The first-order chi connectivity index (χ1) is 10.0. The van der Waals surface area contributed by atoms with Gasteiger partial charge in [0.15, 0.2) is 0 Å². The van der Waals surface area contributed by atoms with Gasteiger partial charge in [-0.2, -0.15) is 5.10 Å². The van der Waals surface area contributed by atoms with Crippen LogP contribution < -0.4 is 4.72 Å². The molecule has 1 aromatic carbocycles. The second-order valence-corrected chi connectivity index (χ2v) is 6.86. The molecule has 1 aromatic heterocycles. The minimum atomic E-state index is -3.47. The number of alkyl halides is 1. The third-order valence-electron chi connectivity index (χ3n) is 3.06. The molecule has 2 aromatic rings. The van der Waals surface area contributed by atoms with Crippen LogP contribution in [0.25, 0.3) is 0 Å². The van der Waals surface area contributed by atoms with Crippen LogP contribution in [0.5, 0.6) is 0 Å². The highest BCUT2D eigenvalue weighted by atomic mass is 35.5. The van der Waals surface area contributed by atoms with Gasteiger partial charge in [-0.1, -0.05) is 12.1 Å². The van der Waals surface area contributed by atoms with E-state index in [1.165, 1.54) is 0 Å². The van der Waals surface area contributed by atoms with E-state index >= 15 is 0 Å². The molecular weight excluding hydrogens is 310 g/mol. The van der Waals surface area contributed by atoms with E-state index in [4.69, 9.17) is 11.6 Å². The molecule has 7 heteroatoms. The first kappa shape index (κ1) is 16.0. The third-order valence-corrected chi connectivity index (χ3v) is 4.72. The van der Waals surface area contributed by atoms with Gasteiger partial charge >= 0.3 is 0 Å². The second-order valence-electron chi connectivity index (χ2n) is 4.71. The molecule has 114 valence electrons. The molecule has 0 aliphatic carbocycles. The molecule has 0 bridgehead atoms. The standard InChI is InChI=1S/C14H18ClN3O2S/c1-18-11-8-13(17-18)7-10-16-21(19,20)14-4-2-12(3-5-14)6-9-15/h2-5,8,11,16H,6-7,9-10H2,1H3. The Morgan fingerprint density at radius 2 is 1.90 bits per heavy atom. The number of aromatic nitrogens is 2. The van der Waals surface area contributed by atoms with Crippen LogP contribution in [0.2, 0.25) is 0 Å². The average molecular weight is 328 g/mol. The van der Waals surface area contributed by atoms with Crippen molar-refractivity contribution in [1.29, 1.82) is 0 Å². The summed E-state index contributed by atoms with van der Waals surface area (Å²) in [4.78, 5) is 0.266. The highest BCUT2D eigenvalue weighted by molar-refractivity contribution is 7.89. The molecule has 5 nitrogen and oxygen atoms in total. The van der Waals surface area contributed by atoms with Crippen molar-refractivity contribution in [2.24, 2.45) is 7.05 Å². The van der Waals surface area contributed by atoms with E-state index in [1.807, 2.05) is 19.3 Å². The Morgan fingerprint density at radius 3 is 2.48 bits per heavy atom. The van der Waals surface area contributed by atoms with Crippen LogP contribution in [-0.4, -0.2) is 30.6 Å². The van der Waals surface area contributed by atoms with Crippen LogP contribution in [0.1, 0.15) is 11.3 Å². The Morgan fingerprint density at radius 1 is 1.19 bits per heavy atom. The number of aryl methyl sites for hydroxylation is 2. The van der Waals surface area contributed by atoms with Gasteiger partial charge < -0.3 is 0 Å². The first-order valence-corrected chi connectivity index (χ1v) is 8.66. The summed E-state index contributed by atoms with van der Waals surface area (Å²) in [5.74, 6) is 0.522. The lowest BCUT2D eigenvalue weighted by molar-refractivity contribution is 0.581. The zero-order chi connectivity index (χ0) is 15.3. The molecule has 0 fully saturated rings. The Kier molecular flexibility index (Phi) is 5.39. The molecule has 0 aliphatic heterocycles. The van der Waals surface area contributed by atoms with Crippen molar-refractivity contribution in [1.82, 2.24) is 14.5 Å². The van der Waals surface area contributed by atoms with Gasteiger partial charge in [0.05, 0.1) is 10.6 Å². The minimum Gasteiger partial charge on any atom is -0.276 e. The van der Waals surface area contributed by atoms with Gasteiger partial charge in [0.25, 0.3) is 0 Å². The van der Waals surface area contributed by atoms with Crippen molar-refractivity contribution in [2.75, 3.05) is 12.4 Å². The van der Waals surface area contributed by atoms with Gasteiger partial charge in [0.1, 0.15) is 0 Å². The predicted octanol–water partition coefficient (Wildman–Crippen LogP) is 1.72. The van der Waals surface area contributed by atoms with Gasteiger partial charge in [-0.15, -0.1) is 11.6 Å². The van der Waals surface area contributed by atoms with Gasteiger partial charge in [-0.25, -0.2) is 13.1 Å². The normalized spacial score (nSPS) is 11.7.